The highest BCUT2D eigenvalue weighted by Crippen LogP contribution is 2.08. The summed E-state index contributed by atoms with van der Waals surface area (Å²) >= 11 is 0. The van der Waals surface area contributed by atoms with E-state index < -0.39 is 0 Å². The number of likely N-dealkylation sites (tertiary alicyclic amines) is 1. The van der Waals surface area contributed by atoms with Gasteiger partial charge in [-0.1, -0.05) is 25.7 Å². The Hall–Kier alpha value is -0.570. The molecule has 0 aromatic carbocycles. The second-order valence-corrected chi connectivity index (χ2v) is 5.08. The van der Waals surface area contributed by atoms with Crippen molar-refractivity contribution in [3.8, 4) is 0 Å². The van der Waals surface area contributed by atoms with Crippen molar-refractivity contribution in [1.29, 1.82) is 0 Å². The van der Waals surface area contributed by atoms with Crippen LogP contribution in [0.15, 0.2) is 0 Å². The minimum atomic E-state index is 0.238. The number of rotatable bonds is 0. The van der Waals surface area contributed by atoms with E-state index in [1.807, 2.05) is 4.90 Å². The summed E-state index contributed by atoms with van der Waals surface area (Å²) in [5.74, 6) is 0.238. The van der Waals surface area contributed by atoms with Gasteiger partial charge >= 0.3 is 0 Å². The van der Waals surface area contributed by atoms with E-state index in [-0.39, 0.29) is 5.91 Å². The molecule has 2 aliphatic heterocycles. The molecule has 2 saturated heterocycles. The van der Waals surface area contributed by atoms with Crippen LogP contribution in [0.2, 0.25) is 0 Å². The SMILES string of the molecule is C1CCCNCC1.CC(=O)N1CCCCCC1. The van der Waals surface area contributed by atoms with Gasteiger partial charge in [-0.15, -0.1) is 0 Å². The maximum atomic E-state index is 10.9. The van der Waals surface area contributed by atoms with Crippen molar-refractivity contribution in [1.82, 2.24) is 10.2 Å². The van der Waals surface area contributed by atoms with E-state index in [1.165, 1.54) is 64.5 Å². The number of hydrogen-bond acceptors (Lipinski definition) is 2. The van der Waals surface area contributed by atoms with Crippen molar-refractivity contribution in [3.05, 3.63) is 0 Å². The van der Waals surface area contributed by atoms with Gasteiger partial charge in [0.15, 0.2) is 0 Å². The average molecular weight is 240 g/mol. The van der Waals surface area contributed by atoms with Crippen molar-refractivity contribution in [2.75, 3.05) is 26.2 Å². The molecule has 0 bridgehead atoms. The summed E-state index contributed by atoms with van der Waals surface area (Å²) in [5, 5.41) is 3.35. The summed E-state index contributed by atoms with van der Waals surface area (Å²) in [4.78, 5) is 12.8. The van der Waals surface area contributed by atoms with Crippen LogP contribution in [0.1, 0.15) is 58.3 Å². The number of hydrogen-bond donors (Lipinski definition) is 1. The van der Waals surface area contributed by atoms with Crippen LogP contribution in [0.3, 0.4) is 0 Å². The third-order valence-electron chi connectivity index (χ3n) is 3.51. The molecule has 3 heteroatoms. The smallest absolute Gasteiger partial charge is 0.219 e. The van der Waals surface area contributed by atoms with Crippen molar-refractivity contribution in [2.24, 2.45) is 0 Å². The Labute approximate surface area is 106 Å². The standard InChI is InChI=1S/C8H15NO.C6H13N/c1-8(10)9-6-4-2-3-5-7-9;1-2-4-6-7-5-3-1/h2-7H2,1H3;7H,1-6H2. The Morgan fingerprint density at radius 2 is 1.29 bits per heavy atom. The predicted octanol–water partition coefficient (Wildman–Crippen LogP) is 2.56. The van der Waals surface area contributed by atoms with Gasteiger partial charge in [-0.05, 0) is 38.8 Å². The first-order valence-electron chi connectivity index (χ1n) is 7.27. The molecular formula is C14H28N2O. The van der Waals surface area contributed by atoms with Gasteiger partial charge < -0.3 is 10.2 Å². The second kappa shape index (κ2) is 9.46. The molecule has 0 unspecified atom stereocenters. The normalized spacial score (nSPS) is 21.8. The van der Waals surface area contributed by atoms with E-state index in [9.17, 15) is 4.79 Å². The van der Waals surface area contributed by atoms with Crippen LogP contribution in [-0.2, 0) is 4.79 Å². The lowest BCUT2D eigenvalue weighted by atomic mass is 10.2. The first-order valence-corrected chi connectivity index (χ1v) is 7.27. The molecule has 2 fully saturated rings. The van der Waals surface area contributed by atoms with Gasteiger partial charge in [-0.25, -0.2) is 0 Å². The van der Waals surface area contributed by atoms with Gasteiger partial charge in [-0.2, -0.15) is 0 Å². The van der Waals surface area contributed by atoms with Crippen molar-refractivity contribution in [2.45, 2.75) is 58.3 Å². The molecular weight excluding hydrogens is 212 g/mol. The molecule has 2 rings (SSSR count). The number of nitrogens with one attached hydrogen (secondary N) is 1. The van der Waals surface area contributed by atoms with Crippen molar-refractivity contribution < 1.29 is 4.79 Å². The van der Waals surface area contributed by atoms with E-state index in [4.69, 9.17) is 0 Å². The number of carbonyl (C=O) groups is 1. The molecule has 0 aliphatic carbocycles. The van der Waals surface area contributed by atoms with Crippen LogP contribution in [0.5, 0.6) is 0 Å². The molecule has 1 N–H and O–H groups in total. The molecule has 2 aliphatic rings. The first-order chi connectivity index (χ1) is 8.30. The minimum Gasteiger partial charge on any atom is -0.343 e. The molecule has 0 radical (unpaired) electrons. The lowest BCUT2D eigenvalue weighted by molar-refractivity contribution is -0.128. The maximum absolute atomic E-state index is 10.9. The molecule has 0 aromatic rings. The molecule has 2 heterocycles. The Morgan fingerprint density at radius 1 is 0.824 bits per heavy atom. The molecule has 100 valence electrons. The molecule has 1 amide bonds. The fourth-order valence-corrected chi connectivity index (χ4v) is 2.36. The van der Waals surface area contributed by atoms with Crippen molar-refractivity contribution >= 4 is 5.91 Å². The zero-order valence-electron chi connectivity index (χ0n) is 11.3. The van der Waals surface area contributed by atoms with E-state index in [1.54, 1.807) is 6.92 Å². The third-order valence-corrected chi connectivity index (χ3v) is 3.51. The van der Waals surface area contributed by atoms with E-state index in [0.29, 0.717) is 0 Å². The first kappa shape index (κ1) is 14.5. The molecule has 0 aromatic heterocycles. The quantitative estimate of drug-likeness (QED) is 0.706. The van der Waals surface area contributed by atoms with Crippen LogP contribution in [0, 0.1) is 0 Å². The Balaban J connectivity index is 0.000000181. The van der Waals surface area contributed by atoms with Crippen LogP contribution < -0.4 is 5.32 Å². The summed E-state index contributed by atoms with van der Waals surface area (Å²) in [7, 11) is 0. The molecule has 0 atom stereocenters. The van der Waals surface area contributed by atoms with Gasteiger partial charge in [0.1, 0.15) is 0 Å². The zero-order chi connectivity index (χ0) is 12.3. The fraction of sp³-hybridized carbons (Fsp3) is 0.929. The summed E-state index contributed by atoms with van der Waals surface area (Å²) in [6.07, 6.45) is 10.6. The Morgan fingerprint density at radius 3 is 1.76 bits per heavy atom. The monoisotopic (exact) mass is 240 g/mol. The summed E-state index contributed by atoms with van der Waals surface area (Å²) in [6.45, 7) is 6.12. The molecule has 0 spiro atoms. The Kier molecular flexibility index (Phi) is 8.06. The van der Waals surface area contributed by atoms with Gasteiger partial charge in [-0.3, -0.25) is 4.79 Å². The highest BCUT2D eigenvalue weighted by Gasteiger charge is 2.09. The van der Waals surface area contributed by atoms with Gasteiger partial charge in [0.05, 0.1) is 0 Å². The van der Waals surface area contributed by atoms with Gasteiger partial charge in [0.25, 0.3) is 0 Å². The van der Waals surface area contributed by atoms with E-state index in [2.05, 4.69) is 5.32 Å². The summed E-state index contributed by atoms with van der Waals surface area (Å²) in [6, 6.07) is 0. The predicted molar refractivity (Wildman–Crippen MR) is 72.1 cm³/mol. The van der Waals surface area contributed by atoms with Crippen LogP contribution in [-0.4, -0.2) is 37.0 Å². The van der Waals surface area contributed by atoms with Crippen molar-refractivity contribution in [3.63, 3.8) is 0 Å². The highest BCUT2D eigenvalue weighted by molar-refractivity contribution is 5.73. The molecule has 3 nitrogen and oxygen atoms in total. The summed E-state index contributed by atoms with van der Waals surface area (Å²) < 4.78 is 0. The zero-order valence-corrected chi connectivity index (χ0v) is 11.3. The lowest BCUT2D eigenvalue weighted by Crippen LogP contribution is -2.29. The number of carbonyl (C=O) groups excluding carboxylic acids is 1. The van der Waals surface area contributed by atoms with Gasteiger partial charge in [0, 0.05) is 20.0 Å². The van der Waals surface area contributed by atoms with Crippen LogP contribution in [0.25, 0.3) is 0 Å². The average Bonchev–Trinajstić information content (AvgIpc) is 2.77. The summed E-state index contributed by atoms with van der Waals surface area (Å²) in [5.41, 5.74) is 0. The largest absolute Gasteiger partial charge is 0.343 e. The highest BCUT2D eigenvalue weighted by atomic mass is 16.2. The number of nitrogens with zero attached hydrogens (tertiary/aromatic N) is 1. The molecule has 0 saturated carbocycles. The topological polar surface area (TPSA) is 32.3 Å². The van der Waals surface area contributed by atoms with E-state index in [0.717, 1.165) is 13.1 Å². The minimum absolute atomic E-state index is 0.238. The number of amides is 1. The second-order valence-electron chi connectivity index (χ2n) is 5.08. The lowest BCUT2D eigenvalue weighted by Gasteiger charge is -2.17. The van der Waals surface area contributed by atoms with Crippen LogP contribution >= 0.6 is 0 Å². The van der Waals surface area contributed by atoms with Crippen LogP contribution in [0.4, 0.5) is 0 Å². The Bertz CT molecular complexity index is 179. The maximum Gasteiger partial charge on any atom is 0.219 e. The fourth-order valence-electron chi connectivity index (χ4n) is 2.36. The van der Waals surface area contributed by atoms with Gasteiger partial charge in [0.2, 0.25) is 5.91 Å². The van der Waals surface area contributed by atoms with E-state index >= 15 is 0 Å². The molecule has 17 heavy (non-hydrogen) atoms. The third kappa shape index (κ3) is 7.37.